The lowest BCUT2D eigenvalue weighted by Gasteiger charge is -2.51. The zero-order valence-corrected chi connectivity index (χ0v) is 16.1. The first-order valence-corrected chi connectivity index (χ1v) is 8.44. The number of benzene rings is 1. The Labute approximate surface area is 186 Å². The molecule has 1 aromatic carbocycles. The van der Waals surface area contributed by atoms with Crippen LogP contribution in [0, 0.1) is 0 Å². The maximum atomic E-state index is 14.6. The number of rotatable bonds is 3. The molecule has 0 bridgehead atoms. The van der Waals surface area contributed by atoms with E-state index in [0.717, 1.165) is 0 Å². The third-order valence-corrected chi connectivity index (χ3v) is 4.96. The summed E-state index contributed by atoms with van der Waals surface area (Å²) in [5, 5.41) is 11.8. The Morgan fingerprint density at radius 1 is 0.639 bits per heavy atom. The summed E-state index contributed by atoms with van der Waals surface area (Å²) in [6, 6.07) is -1.47. The van der Waals surface area contributed by atoms with E-state index in [0.29, 0.717) is 0 Å². The Hall–Kier alpha value is -2.76. The van der Waals surface area contributed by atoms with E-state index in [1.807, 2.05) is 0 Å². The first-order valence-electron chi connectivity index (χ1n) is 8.44. The van der Waals surface area contributed by atoms with E-state index in [9.17, 15) is 84.5 Å². The smallest absolute Gasteiger partial charge is 0.417 e. The maximum absolute atomic E-state index is 14.6. The van der Waals surface area contributed by atoms with Gasteiger partial charge in [-0.05, 0) is 23.8 Å². The third kappa shape index (κ3) is 3.51. The normalized spacial score (nSPS) is 24.3. The van der Waals surface area contributed by atoms with Gasteiger partial charge in [-0.2, -0.15) is 70.2 Å². The van der Waals surface area contributed by atoms with Gasteiger partial charge in [-0.25, -0.2) is 4.39 Å². The Balaban J connectivity index is 2.76. The second-order valence-electron chi connectivity index (χ2n) is 7.16. The summed E-state index contributed by atoms with van der Waals surface area (Å²) in [6.45, 7) is 0. The lowest BCUT2D eigenvalue weighted by atomic mass is 9.70. The van der Waals surface area contributed by atoms with Crippen molar-refractivity contribution in [1.82, 2.24) is 0 Å². The summed E-state index contributed by atoms with van der Waals surface area (Å²) < 4.78 is 227. The van der Waals surface area contributed by atoms with E-state index in [-0.39, 0.29) is 6.07 Å². The highest BCUT2D eigenvalue weighted by Crippen LogP contribution is 2.69. The number of hydrogen-bond donors (Lipinski definition) is 0. The lowest BCUT2D eigenvalue weighted by molar-refractivity contribution is -0.475. The van der Waals surface area contributed by atoms with Crippen LogP contribution in [0.5, 0.6) is 0 Å². The van der Waals surface area contributed by atoms with Crippen molar-refractivity contribution in [2.24, 2.45) is 0 Å². The number of allylic oxidation sites excluding steroid dienone is 1. The molecule has 0 aromatic heterocycles. The molecule has 2 rings (SSSR count). The van der Waals surface area contributed by atoms with Gasteiger partial charge < -0.3 is 5.11 Å². The van der Waals surface area contributed by atoms with Crippen LogP contribution in [-0.4, -0.2) is 41.1 Å². The number of halogens is 17. The molecule has 1 aliphatic carbocycles. The molecule has 0 aliphatic heterocycles. The predicted molar refractivity (Wildman–Crippen MR) is 78.0 cm³/mol. The maximum Gasteiger partial charge on any atom is 0.417 e. The van der Waals surface area contributed by atoms with Gasteiger partial charge in [-0.1, -0.05) is 11.8 Å². The predicted octanol–water partition coefficient (Wildman–Crippen LogP) is 5.89. The standard InChI is InChI=1S/C17H5F17O2/c18-10(13(25,26)15(29,30)17(33,34)16(31,32)14(10,27)28)9(36)4-8(35)5-1-2-6(11(19,20)21)7(3-5)12(22,23)24/h1-4,35H/p-1/b8-4-. The summed E-state index contributed by atoms with van der Waals surface area (Å²) in [7, 11) is 0. The highest BCUT2D eigenvalue weighted by Gasteiger charge is 3.02. The van der Waals surface area contributed by atoms with Crippen molar-refractivity contribution in [2.75, 3.05) is 0 Å². The molecule has 0 amide bonds. The van der Waals surface area contributed by atoms with Crippen molar-refractivity contribution < 1.29 is 84.5 Å². The van der Waals surface area contributed by atoms with Crippen LogP contribution in [0.2, 0.25) is 0 Å². The minimum absolute atomic E-state index is 0.233. The monoisotopic (exact) mass is 563 g/mol. The van der Waals surface area contributed by atoms with Crippen LogP contribution in [0.4, 0.5) is 74.6 Å². The fourth-order valence-corrected chi connectivity index (χ4v) is 3.01. The van der Waals surface area contributed by atoms with Crippen molar-refractivity contribution in [2.45, 2.75) is 47.6 Å². The highest BCUT2D eigenvalue weighted by molar-refractivity contribution is 6.03. The average molecular weight is 563 g/mol. The van der Waals surface area contributed by atoms with Gasteiger partial charge in [-0.15, -0.1) is 0 Å². The molecule has 19 heteroatoms. The average Bonchev–Trinajstić information content (AvgIpc) is 2.69. The van der Waals surface area contributed by atoms with Crippen LogP contribution in [-0.2, 0) is 17.1 Å². The van der Waals surface area contributed by atoms with Crippen molar-refractivity contribution in [3.05, 3.63) is 41.0 Å². The molecule has 2 nitrogen and oxygen atoms in total. The Bertz CT molecular complexity index is 1060. The van der Waals surface area contributed by atoms with E-state index in [4.69, 9.17) is 0 Å². The van der Waals surface area contributed by atoms with Gasteiger partial charge in [0.05, 0.1) is 11.1 Å². The Morgan fingerprint density at radius 2 is 1.00 bits per heavy atom. The molecule has 36 heavy (non-hydrogen) atoms. The molecule has 0 saturated heterocycles. The molecule has 204 valence electrons. The molecule has 0 unspecified atom stereocenters. The largest absolute Gasteiger partial charge is 0.872 e. The van der Waals surface area contributed by atoms with Crippen LogP contribution < -0.4 is 5.11 Å². The summed E-state index contributed by atoms with van der Waals surface area (Å²) >= 11 is 0. The van der Waals surface area contributed by atoms with Gasteiger partial charge in [0.2, 0.25) is 5.78 Å². The van der Waals surface area contributed by atoms with E-state index in [2.05, 4.69) is 0 Å². The molecule has 1 saturated carbocycles. The molecule has 0 radical (unpaired) electrons. The van der Waals surface area contributed by atoms with E-state index >= 15 is 0 Å². The quantitative estimate of drug-likeness (QED) is 0.262. The number of hydrogen-bond acceptors (Lipinski definition) is 2. The van der Waals surface area contributed by atoms with Crippen LogP contribution >= 0.6 is 0 Å². The van der Waals surface area contributed by atoms with Gasteiger partial charge >= 0.3 is 47.6 Å². The van der Waals surface area contributed by atoms with Crippen molar-refractivity contribution in [3.8, 4) is 0 Å². The third-order valence-electron chi connectivity index (χ3n) is 4.96. The first kappa shape index (κ1) is 29.5. The van der Waals surface area contributed by atoms with Gasteiger partial charge in [0.25, 0.3) is 0 Å². The molecule has 0 heterocycles. The fourth-order valence-electron chi connectivity index (χ4n) is 3.01. The molecule has 0 atom stereocenters. The summed E-state index contributed by atoms with van der Waals surface area (Å²) in [4.78, 5) is 11.7. The van der Waals surface area contributed by atoms with Crippen LogP contribution in [0.25, 0.3) is 5.76 Å². The van der Waals surface area contributed by atoms with Crippen LogP contribution in [0.1, 0.15) is 16.7 Å². The molecular weight excluding hydrogens is 559 g/mol. The number of ketones is 1. The van der Waals surface area contributed by atoms with Gasteiger partial charge in [0.1, 0.15) is 0 Å². The zero-order valence-electron chi connectivity index (χ0n) is 16.1. The minimum atomic E-state index is -7.70. The molecular formula is C17H4F17O2-. The topological polar surface area (TPSA) is 40.1 Å². The van der Waals surface area contributed by atoms with Gasteiger partial charge in [-0.3, -0.25) is 4.79 Å². The fraction of sp³-hybridized carbons (Fsp3) is 0.471. The van der Waals surface area contributed by atoms with E-state index in [1.54, 1.807) is 0 Å². The molecule has 0 spiro atoms. The van der Waals surface area contributed by atoms with Crippen molar-refractivity contribution >= 4 is 11.5 Å². The SMILES string of the molecule is O=C(/C=C(\[O-])c1ccc(C(F)(F)F)c(C(F)(F)F)c1)C1(F)C(F)(F)C(F)(F)C(F)(F)C(F)(F)C1(F)F. The zero-order chi connectivity index (χ0) is 28.7. The minimum Gasteiger partial charge on any atom is -0.872 e. The van der Waals surface area contributed by atoms with Gasteiger partial charge in [0.15, 0.2) is 0 Å². The second kappa shape index (κ2) is 7.62. The number of alkyl halides is 17. The van der Waals surface area contributed by atoms with E-state index in [1.165, 1.54) is 0 Å². The highest BCUT2D eigenvalue weighted by atomic mass is 19.4. The van der Waals surface area contributed by atoms with Gasteiger partial charge in [0, 0.05) is 0 Å². The van der Waals surface area contributed by atoms with Crippen molar-refractivity contribution in [1.29, 1.82) is 0 Å². The van der Waals surface area contributed by atoms with Crippen LogP contribution in [0.3, 0.4) is 0 Å². The lowest BCUT2D eigenvalue weighted by Crippen LogP contribution is -2.85. The Morgan fingerprint density at radius 3 is 1.36 bits per heavy atom. The number of carbonyl (C=O) groups excluding carboxylic acids is 1. The summed E-state index contributed by atoms with van der Waals surface area (Å²) in [5.74, 6) is -45.1. The van der Waals surface area contributed by atoms with Crippen LogP contribution in [0.15, 0.2) is 24.3 Å². The molecule has 1 fully saturated rings. The summed E-state index contributed by atoms with van der Waals surface area (Å²) in [5.41, 5.74) is -14.3. The molecule has 0 N–H and O–H groups in total. The van der Waals surface area contributed by atoms with Crippen molar-refractivity contribution in [3.63, 3.8) is 0 Å². The number of carbonyl (C=O) groups is 1. The first-order chi connectivity index (χ1) is 15.6. The van der Waals surface area contributed by atoms with E-state index < -0.39 is 94.1 Å². The second-order valence-corrected chi connectivity index (χ2v) is 7.16. The summed E-state index contributed by atoms with van der Waals surface area (Å²) in [6.07, 6.45) is -13.2. The molecule has 1 aliphatic rings. The molecule has 1 aromatic rings. The Kier molecular flexibility index (Phi) is 6.24.